The largest absolute Gasteiger partial charge is 0.350 e. The molecule has 3 rings (SSSR count). The minimum Gasteiger partial charge on any atom is -0.350 e. The Kier molecular flexibility index (Phi) is 2.44. The van der Waals surface area contributed by atoms with E-state index in [-0.39, 0.29) is 22.9 Å². The fourth-order valence-electron chi connectivity index (χ4n) is 2.09. The summed E-state index contributed by atoms with van der Waals surface area (Å²) in [5.74, 6) is -0.260. The third-order valence-corrected chi connectivity index (χ3v) is 3.25. The van der Waals surface area contributed by atoms with Gasteiger partial charge in [-0.3, -0.25) is 9.59 Å². The number of aromatic nitrogens is 1. The molecule has 1 saturated carbocycles. The van der Waals surface area contributed by atoms with Crippen LogP contribution in [0.1, 0.15) is 23.2 Å². The second kappa shape index (κ2) is 3.98. The van der Waals surface area contributed by atoms with Crippen LogP contribution in [0.5, 0.6) is 0 Å². The smallest absolute Gasteiger partial charge is 0.256 e. The first kappa shape index (κ1) is 11.0. The number of rotatable bonds is 2. The number of hydrogen-bond acceptors (Lipinski definition) is 2. The van der Waals surface area contributed by atoms with Crippen LogP contribution in [0.25, 0.3) is 10.9 Å². The third kappa shape index (κ3) is 1.79. The molecule has 1 heterocycles. The highest BCUT2D eigenvalue weighted by Crippen LogP contribution is 2.19. The van der Waals surface area contributed by atoms with Crippen molar-refractivity contribution in [2.45, 2.75) is 18.9 Å². The van der Waals surface area contributed by atoms with Gasteiger partial charge in [0.25, 0.3) is 5.91 Å². The molecule has 0 saturated heterocycles. The van der Waals surface area contributed by atoms with Crippen molar-refractivity contribution in [2.75, 3.05) is 0 Å². The van der Waals surface area contributed by atoms with E-state index < -0.39 is 0 Å². The van der Waals surface area contributed by atoms with Crippen molar-refractivity contribution in [3.8, 4) is 0 Å². The number of nitrogens with zero attached hydrogens (tertiary/aromatic N) is 1. The highest BCUT2D eigenvalue weighted by molar-refractivity contribution is 5.97. The van der Waals surface area contributed by atoms with Crippen molar-refractivity contribution in [3.63, 3.8) is 0 Å². The first-order valence-corrected chi connectivity index (χ1v) is 6.06. The van der Waals surface area contributed by atoms with Crippen molar-refractivity contribution < 1.29 is 4.79 Å². The van der Waals surface area contributed by atoms with Crippen LogP contribution in [0.2, 0.25) is 0 Å². The van der Waals surface area contributed by atoms with E-state index in [2.05, 4.69) is 5.32 Å². The van der Waals surface area contributed by atoms with E-state index >= 15 is 0 Å². The summed E-state index contributed by atoms with van der Waals surface area (Å²) in [6.45, 7) is 0. The van der Waals surface area contributed by atoms with Crippen LogP contribution in [0, 0.1) is 0 Å². The quantitative estimate of drug-likeness (QED) is 0.866. The summed E-state index contributed by atoms with van der Waals surface area (Å²) in [6, 6.07) is 7.58. The summed E-state index contributed by atoms with van der Waals surface area (Å²) in [5.41, 5.74) is 0.871. The van der Waals surface area contributed by atoms with Crippen molar-refractivity contribution in [3.05, 3.63) is 46.2 Å². The first-order valence-electron chi connectivity index (χ1n) is 6.06. The van der Waals surface area contributed by atoms with Crippen LogP contribution < -0.4 is 10.7 Å². The highest BCUT2D eigenvalue weighted by Gasteiger charge is 2.25. The van der Waals surface area contributed by atoms with Gasteiger partial charge in [-0.1, -0.05) is 12.1 Å². The lowest BCUT2D eigenvalue weighted by Crippen LogP contribution is -2.31. The van der Waals surface area contributed by atoms with Gasteiger partial charge in [-0.2, -0.15) is 0 Å². The molecule has 4 nitrogen and oxygen atoms in total. The van der Waals surface area contributed by atoms with Crippen molar-refractivity contribution >= 4 is 16.8 Å². The van der Waals surface area contributed by atoms with Crippen LogP contribution in [0.4, 0.5) is 0 Å². The van der Waals surface area contributed by atoms with Gasteiger partial charge in [0, 0.05) is 24.7 Å². The van der Waals surface area contributed by atoms with Gasteiger partial charge in [-0.25, -0.2) is 0 Å². The zero-order valence-electron chi connectivity index (χ0n) is 10.1. The Morgan fingerprint density at radius 1 is 1.33 bits per heavy atom. The average molecular weight is 242 g/mol. The number of para-hydroxylation sites is 1. The lowest BCUT2D eigenvalue weighted by molar-refractivity contribution is 0.0949. The zero-order valence-corrected chi connectivity index (χ0v) is 10.1. The molecule has 1 fully saturated rings. The summed E-state index contributed by atoms with van der Waals surface area (Å²) in [6.07, 6.45) is 3.64. The topological polar surface area (TPSA) is 51.1 Å². The molecule has 1 aromatic heterocycles. The number of pyridine rings is 1. The normalized spacial score (nSPS) is 14.7. The lowest BCUT2D eigenvalue weighted by atomic mass is 10.1. The van der Waals surface area contributed by atoms with E-state index in [9.17, 15) is 9.59 Å². The monoisotopic (exact) mass is 242 g/mol. The summed E-state index contributed by atoms with van der Waals surface area (Å²) in [7, 11) is 1.84. The number of hydrogen-bond donors (Lipinski definition) is 1. The predicted molar refractivity (Wildman–Crippen MR) is 69.7 cm³/mol. The number of fused-ring (bicyclic) bond motifs is 1. The molecule has 0 radical (unpaired) electrons. The first-order chi connectivity index (χ1) is 8.66. The number of aryl methyl sites for hydroxylation is 1. The molecule has 0 bridgehead atoms. The Balaban J connectivity index is 2.14. The van der Waals surface area contributed by atoms with Gasteiger partial charge in [-0.05, 0) is 25.0 Å². The summed E-state index contributed by atoms with van der Waals surface area (Å²) in [4.78, 5) is 24.2. The predicted octanol–water partition coefficient (Wildman–Crippen LogP) is 1.43. The maximum atomic E-state index is 12.2. The molecule has 0 spiro atoms. The molecular weight excluding hydrogens is 228 g/mol. The highest BCUT2D eigenvalue weighted by atomic mass is 16.2. The van der Waals surface area contributed by atoms with Crippen molar-refractivity contribution in [1.82, 2.24) is 9.88 Å². The molecule has 0 atom stereocenters. The maximum Gasteiger partial charge on any atom is 0.256 e. The molecular formula is C14H14N2O2. The van der Waals surface area contributed by atoms with Crippen LogP contribution in [0.3, 0.4) is 0 Å². The van der Waals surface area contributed by atoms with E-state index in [1.807, 2.05) is 29.8 Å². The summed E-state index contributed by atoms with van der Waals surface area (Å²) < 4.78 is 1.82. The fraction of sp³-hybridized carbons (Fsp3) is 0.286. The fourth-order valence-corrected chi connectivity index (χ4v) is 2.09. The van der Waals surface area contributed by atoms with Crippen LogP contribution in [-0.2, 0) is 7.05 Å². The number of benzene rings is 1. The number of amides is 1. The second-order valence-corrected chi connectivity index (χ2v) is 4.75. The van der Waals surface area contributed by atoms with E-state index in [1.165, 1.54) is 0 Å². The Morgan fingerprint density at radius 3 is 2.78 bits per heavy atom. The van der Waals surface area contributed by atoms with Crippen LogP contribution in [-0.4, -0.2) is 16.5 Å². The van der Waals surface area contributed by atoms with Gasteiger partial charge in [-0.15, -0.1) is 0 Å². The minimum atomic E-state index is -0.260. The molecule has 18 heavy (non-hydrogen) atoms. The molecule has 0 aliphatic heterocycles. The zero-order chi connectivity index (χ0) is 12.7. The van der Waals surface area contributed by atoms with E-state index in [0.717, 1.165) is 18.4 Å². The van der Waals surface area contributed by atoms with Crippen LogP contribution >= 0.6 is 0 Å². The Hall–Kier alpha value is -2.10. The van der Waals surface area contributed by atoms with Gasteiger partial charge in [0.1, 0.15) is 5.56 Å². The molecule has 1 aromatic carbocycles. The summed E-state index contributed by atoms with van der Waals surface area (Å²) >= 11 is 0. The molecule has 1 aliphatic rings. The summed E-state index contributed by atoms with van der Waals surface area (Å²) in [5, 5.41) is 3.44. The van der Waals surface area contributed by atoms with Crippen molar-refractivity contribution in [2.24, 2.45) is 7.05 Å². The van der Waals surface area contributed by atoms with Gasteiger partial charge >= 0.3 is 0 Å². The number of nitrogens with one attached hydrogen (secondary N) is 1. The molecule has 1 amide bonds. The Bertz CT molecular complexity index is 684. The van der Waals surface area contributed by atoms with E-state index in [0.29, 0.717) is 5.39 Å². The van der Waals surface area contributed by atoms with Gasteiger partial charge in [0.2, 0.25) is 5.43 Å². The SMILES string of the molecule is Cn1cc(C(=O)NC2CC2)c(=O)c2ccccc21. The van der Waals surface area contributed by atoms with E-state index in [4.69, 9.17) is 0 Å². The standard InChI is InChI=1S/C14H14N2O2/c1-16-8-11(14(18)15-9-6-7-9)13(17)10-4-2-3-5-12(10)16/h2-5,8-9H,6-7H2,1H3,(H,15,18). The Labute approximate surface area is 104 Å². The maximum absolute atomic E-state index is 12.2. The van der Waals surface area contributed by atoms with E-state index in [1.54, 1.807) is 12.3 Å². The molecule has 1 aliphatic carbocycles. The lowest BCUT2D eigenvalue weighted by Gasteiger charge is -2.08. The minimum absolute atomic E-state index is 0.193. The van der Waals surface area contributed by atoms with Crippen molar-refractivity contribution in [1.29, 1.82) is 0 Å². The van der Waals surface area contributed by atoms with Gasteiger partial charge in [0.05, 0.1) is 5.52 Å². The second-order valence-electron chi connectivity index (χ2n) is 4.75. The van der Waals surface area contributed by atoms with Gasteiger partial charge < -0.3 is 9.88 Å². The molecule has 2 aromatic rings. The number of carbonyl (C=O) groups excluding carboxylic acids is 1. The molecule has 0 unspecified atom stereocenters. The number of carbonyl (C=O) groups is 1. The van der Waals surface area contributed by atoms with Crippen LogP contribution in [0.15, 0.2) is 35.3 Å². The molecule has 92 valence electrons. The Morgan fingerprint density at radius 2 is 2.06 bits per heavy atom. The molecule has 1 N–H and O–H groups in total. The van der Waals surface area contributed by atoms with Gasteiger partial charge in [0.15, 0.2) is 0 Å². The third-order valence-electron chi connectivity index (χ3n) is 3.25. The molecule has 4 heteroatoms. The average Bonchev–Trinajstić information content (AvgIpc) is 3.17.